The number of fused-ring (bicyclic) bond motifs is 1. The average molecular weight is 341 g/mol. The molecule has 0 fully saturated rings. The number of carbonyl (C=O) groups is 2. The van der Waals surface area contributed by atoms with Crippen molar-refractivity contribution in [1.29, 1.82) is 0 Å². The number of ketones is 1. The molecule has 1 aliphatic rings. The van der Waals surface area contributed by atoms with Crippen molar-refractivity contribution in [1.82, 2.24) is 0 Å². The standard InChI is InChI=1S/C20H20FNO3/c1-2-3-12-22-17-7-5-4-6-16(17)20(25,19(22)24)13-18(23)14-8-10-15(21)11-9-14/h4-11,25H,2-3,12-13H2,1H3. The van der Waals surface area contributed by atoms with Crippen molar-refractivity contribution >= 4 is 17.4 Å². The van der Waals surface area contributed by atoms with E-state index in [1.165, 1.54) is 24.3 Å². The fourth-order valence-corrected chi connectivity index (χ4v) is 3.19. The summed E-state index contributed by atoms with van der Waals surface area (Å²) in [5.41, 5.74) is -0.510. The first-order valence-electron chi connectivity index (χ1n) is 8.40. The second-order valence-electron chi connectivity index (χ2n) is 6.29. The van der Waals surface area contributed by atoms with Gasteiger partial charge >= 0.3 is 0 Å². The molecule has 1 amide bonds. The lowest BCUT2D eigenvalue weighted by molar-refractivity contribution is -0.135. The van der Waals surface area contributed by atoms with Crippen LogP contribution in [0.3, 0.4) is 0 Å². The Balaban J connectivity index is 1.92. The van der Waals surface area contributed by atoms with Crippen LogP contribution in [0.4, 0.5) is 10.1 Å². The zero-order chi connectivity index (χ0) is 18.0. The Bertz CT molecular complexity index is 803. The molecule has 0 saturated carbocycles. The Kier molecular flexibility index (Phi) is 4.68. The molecule has 3 rings (SSSR count). The summed E-state index contributed by atoms with van der Waals surface area (Å²) in [4.78, 5) is 27.0. The molecule has 5 heteroatoms. The molecule has 0 aliphatic carbocycles. The molecular weight excluding hydrogens is 321 g/mol. The van der Waals surface area contributed by atoms with Gasteiger partial charge in [-0.1, -0.05) is 31.5 Å². The molecule has 1 atom stereocenters. The van der Waals surface area contributed by atoms with Gasteiger partial charge < -0.3 is 10.0 Å². The monoisotopic (exact) mass is 341 g/mol. The number of unbranched alkanes of at least 4 members (excludes halogenated alkanes) is 1. The van der Waals surface area contributed by atoms with Crippen LogP contribution in [0, 0.1) is 5.82 Å². The number of amides is 1. The van der Waals surface area contributed by atoms with Crippen molar-refractivity contribution < 1.29 is 19.1 Å². The van der Waals surface area contributed by atoms with Gasteiger partial charge in [0, 0.05) is 17.7 Å². The van der Waals surface area contributed by atoms with Crippen LogP contribution in [0.5, 0.6) is 0 Å². The molecule has 25 heavy (non-hydrogen) atoms. The minimum absolute atomic E-state index is 0.270. The first-order chi connectivity index (χ1) is 12.0. The van der Waals surface area contributed by atoms with Crippen LogP contribution in [0.1, 0.15) is 42.1 Å². The second kappa shape index (κ2) is 6.76. The molecule has 1 aliphatic heterocycles. The zero-order valence-electron chi connectivity index (χ0n) is 14.0. The summed E-state index contributed by atoms with van der Waals surface area (Å²) in [6.07, 6.45) is 1.36. The molecule has 0 saturated heterocycles. The van der Waals surface area contributed by atoms with Crippen molar-refractivity contribution in [2.75, 3.05) is 11.4 Å². The van der Waals surface area contributed by atoms with E-state index in [1.54, 1.807) is 29.2 Å². The Hall–Kier alpha value is -2.53. The lowest BCUT2D eigenvalue weighted by Gasteiger charge is -2.22. The number of benzene rings is 2. The molecule has 0 bridgehead atoms. The third kappa shape index (κ3) is 3.07. The molecule has 4 nitrogen and oxygen atoms in total. The summed E-state index contributed by atoms with van der Waals surface area (Å²) in [7, 11) is 0. The van der Waals surface area contributed by atoms with Crippen LogP contribution >= 0.6 is 0 Å². The molecule has 2 aromatic rings. The quantitative estimate of drug-likeness (QED) is 0.819. The molecule has 1 unspecified atom stereocenters. The number of rotatable bonds is 6. The topological polar surface area (TPSA) is 57.6 Å². The fourth-order valence-electron chi connectivity index (χ4n) is 3.19. The number of anilines is 1. The molecule has 1 heterocycles. The van der Waals surface area contributed by atoms with E-state index in [9.17, 15) is 19.1 Å². The summed E-state index contributed by atoms with van der Waals surface area (Å²) < 4.78 is 13.0. The van der Waals surface area contributed by atoms with Crippen LogP contribution in [-0.2, 0) is 10.4 Å². The van der Waals surface area contributed by atoms with Gasteiger partial charge in [-0.2, -0.15) is 0 Å². The van der Waals surface area contributed by atoms with E-state index in [0.29, 0.717) is 17.8 Å². The fraction of sp³-hybridized carbons (Fsp3) is 0.300. The Morgan fingerprint density at radius 2 is 1.84 bits per heavy atom. The first-order valence-corrected chi connectivity index (χ1v) is 8.40. The van der Waals surface area contributed by atoms with Crippen LogP contribution in [0.2, 0.25) is 0 Å². The normalized spacial score (nSPS) is 19.2. The number of halogens is 1. The van der Waals surface area contributed by atoms with Crippen molar-refractivity contribution in [3.8, 4) is 0 Å². The molecule has 130 valence electrons. The van der Waals surface area contributed by atoms with Gasteiger partial charge in [-0.15, -0.1) is 0 Å². The van der Waals surface area contributed by atoms with Crippen LogP contribution in [-0.4, -0.2) is 23.3 Å². The van der Waals surface area contributed by atoms with E-state index < -0.39 is 23.1 Å². The highest BCUT2D eigenvalue weighted by molar-refractivity contribution is 6.10. The maximum absolute atomic E-state index is 13.0. The summed E-state index contributed by atoms with van der Waals surface area (Å²) in [6.45, 7) is 2.52. The molecule has 0 aromatic heterocycles. The van der Waals surface area contributed by atoms with E-state index in [0.717, 1.165) is 12.8 Å². The number of aliphatic hydroxyl groups is 1. The Labute approximate surface area is 145 Å². The number of nitrogens with zero attached hydrogens (tertiary/aromatic N) is 1. The summed E-state index contributed by atoms with van der Waals surface area (Å²) >= 11 is 0. The third-order valence-electron chi connectivity index (χ3n) is 4.56. The van der Waals surface area contributed by atoms with Crippen LogP contribution in [0.15, 0.2) is 48.5 Å². The van der Waals surface area contributed by atoms with E-state index in [2.05, 4.69) is 0 Å². The highest BCUT2D eigenvalue weighted by atomic mass is 19.1. The zero-order valence-corrected chi connectivity index (χ0v) is 14.0. The van der Waals surface area contributed by atoms with Crippen LogP contribution in [0.25, 0.3) is 0 Å². The lowest BCUT2D eigenvalue weighted by Crippen LogP contribution is -2.42. The highest BCUT2D eigenvalue weighted by Gasteiger charge is 2.50. The Morgan fingerprint density at radius 1 is 1.16 bits per heavy atom. The van der Waals surface area contributed by atoms with Gasteiger partial charge in [0.2, 0.25) is 0 Å². The smallest absolute Gasteiger partial charge is 0.264 e. The minimum atomic E-state index is -1.88. The number of hydrogen-bond donors (Lipinski definition) is 1. The SMILES string of the molecule is CCCCN1C(=O)C(O)(CC(=O)c2ccc(F)cc2)c2ccccc21. The summed E-state index contributed by atoms with van der Waals surface area (Å²) in [5.74, 6) is -1.32. The van der Waals surface area contributed by atoms with Gasteiger partial charge in [0.25, 0.3) is 5.91 Å². The van der Waals surface area contributed by atoms with Gasteiger partial charge in [-0.3, -0.25) is 9.59 Å². The predicted octanol–water partition coefficient (Wildman–Crippen LogP) is 3.43. The van der Waals surface area contributed by atoms with Crippen molar-refractivity contribution in [2.45, 2.75) is 31.8 Å². The molecule has 0 radical (unpaired) electrons. The number of Topliss-reactive ketones (excluding diaryl/α,β-unsaturated/α-hetero) is 1. The highest BCUT2D eigenvalue weighted by Crippen LogP contribution is 2.42. The Morgan fingerprint density at radius 3 is 2.52 bits per heavy atom. The molecule has 1 N–H and O–H groups in total. The third-order valence-corrected chi connectivity index (χ3v) is 4.56. The lowest BCUT2D eigenvalue weighted by atomic mass is 9.88. The summed E-state index contributed by atoms with van der Waals surface area (Å²) in [6, 6.07) is 12.1. The van der Waals surface area contributed by atoms with Gasteiger partial charge in [0.15, 0.2) is 11.4 Å². The largest absolute Gasteiger partial charge is 0.375 e. The van der Waals surface area contributed by atoms with Crippen molar-refractivity contribution in [2.24, 2.45) is 0 Å². The van der Waals surface area contributed by atoms with Gasteiger partial charge in [0.05, 0.1) is 12.1 Å². The van der Waals surface area contributed by atoms with E-state index >= 15 is 0 Å². The minimum Gasteiger partial charge on any atom is -0.375 e. The summed E-state index contributed by atoms with van der Waals surface area (Å²) in [5, 5.41) is 11.1. The maximum atomic E-state index is 13.0. The van der Waals surface area contributed by atoms with Gasteiger partial charge in [-0.05, 0) is 36.8 Å². The number of carbonyl (C=O) groups excluding carboxylic acids is 2. The van der Waals surface area contributed by atoms with Crippen molar-refractivity contribution in [3.63, 3.8) is 0 Å². The molecule has 0 spiro atoms. The van der Waals surface area contributed by atoms with E-state index in [-0.39, 0.29) is 12.0 Å². The first kappa shape index (κ1) is 17.3. The number of para-hydroxylation sites is 1. The van der Waals surface area contributed by atoms with E-state index in [1.807, 2.05) is 6.92 Å². The van der Waals surface area contributed by atoms with Crippen LogP contribution < -0.4 is 4.90 Å². The molecule has 2 aromatic carbocycles. The molecular formula is C20H20FNO3. The average Bonchev–Trinajstić information content (AvgIpc) is 2.82. The van der Waals surface area contributed by atoms with Gasteiger partial charge in [0.1, 0.15) is 5.82 Å². The maximum Gasteiger partial charge on any atom is 0.264 e. The number of hydrogen-bond acceptors (Lipinski definition) is 3. The van der Waals surface area contributed by atoms with Crippen molar-refractivity contribution in [3.05, 3.63) is 65.5 Å². The van der Waals surface area contributed by atoms with Gasteiger partial charge in [-0.25, -0.2) is 4.39 Å². The predicted molar refractivity (Wildman–Crippen MR) is 92.9 cm³/mol. The second-order valence-corrected chi connectivity index (χ2v) is 6.29. The van der Waals surface area contributed by atoms with E-state index in [4.69, 9.17) is 0 Å².